The number of rotatable bonds is 5. The topological polar surface area (TPSA) is 29.5 Å². The Morgan fingerprint density at radius 3 is 2.27 bits per heavy atom. The van der Waals surface area contributed by atoms with Crippen LogP contribution in [0.4, 0.5) is 0 Å². The van der Waals surface area contributed by atoms with Gasteiger partial charge in [-0.1, -0.05) is 36.4 Å². The molecule has 3 heteroatoms. The van der Waals surface area contributed by atoms with E-state index in [2.05, 4.69) is 19.1 Å². The lowest BCUT2D eigenvalue weighted by molar-refractivity contribution is 0.0624. The average molecular weight is 297 g/mol. The fourth-order valence-electron chi connectivity index (χ4n) is 2.65. The van der Waals surface area contributed by atoms with E-state index >= 15 is 0 Å². The molecule has 3 nitrogen and oxygen atoms in total. The van der Waals surface area contributed by atoms with Gasteiger partial charge < -0.3 is 9.64 Å². The third kappa shape index (κ3) is 3.48. The number of carbonyl (C=O) groups excluding carboxylic acids is 1. The molecule has 0 aromatic heterocycles. The molecule has 116 valence electrons. The third-order valence-corrected chi connectivity index (χ3v) is 3.81. The number of ether oxygens (including phenoxy) is 1. The fourth-order valence-corrected chi connectivity index (χ4v) is 2.65. The van der Waals surface area contributed by atoms with Gasteiger partial charge in [-0.3, -0.25) is 4.79 Å². The number of benzene rings is 2. The Kier molecular flexibility index (Phi) is 5.21. The highest BCUT2D eigenvalue weighted by molar-refractivity contribution is 5.95. The predicted molar refractivity (Wildman–Crippen MR) is 89.2 cm³/mol. The minimum Gasteiger partial charge on any atom is -0.497 e. The molecule has 0 aliphatic rings. The molecule has 0 N–H and O–H groups in total. The zero-order valence-corrected chi connectivity index (χ0v) is 13.6. The molecule has 0 heterocycles. The van der Waals surface area contributed by atoms with Gasteiger partial charge >= 0.3 is 0 Å². The summed E-state index contributed by atoms with van der Waals surface area (Å²) in [4.78, 5) is 14.8. The summed E-state index contributed by atoms with van der Waals surface area (Å²) < 4.78 is 5.22. The normalized spacial score (nSPS) is 12.0. The maximum Gasteiger partial charge on any atom is 0.254 e. The zero-order chi connectivity index (χ0) is 16.1. The Morgan fingerprint density at radius 2 is 1.68 bits per heavy atom. The van der Waals surface area contributed by atoms with Crippen molar-refractivity contribution in [3.8, 4) is 5.75 Å². The quantitative estimate of drug-likeness (QED) is 0.823. The van der Waals surface area contributed by atoms with Gasteiger partial charge in [-0.25, -0.2) is 0 Å². The smallest absolute Gasteiger partial charge is 0.254 e. The fraction of sp³-hybridized carbons (Fsp3) is 0.316. The van der Waals surface area contributed by atoms with E-state index in [1.54, 1.807) is 13.2 Å². The molecule has 1 amide bonds. The maximum atomic E-state index is 12.9. The van der Waals surface area contributed by atoms with Gasteiger partial charge in [-0.2, -0.15) is 0 Å². The molecule has 0 saturated carbocycles. The Labute approximate surface area is 132 Å². The maximum absolute atomic E-state index is 12.9. The molecule has 0 aliphatic carbocycles. The van der Waals surface area contributed by atoms with E-state index in [9.17, 15) is 4.79 Å². The first-order chi connectivity index (χ1) is 10.5. The van der Waals surface area contributed by atoms with Crippen molar-refractivity contribution in [1.29, 1.82) is 0 Å². The average Bonchev–Trinajstić information content (AvgIpc) is 2.55. The van der Waals surface area contributed by atoms with Crippen LogP contribution in [0, 0.1) is 0 Å². The summed E-state index contributed by atoms with van der Waals surface area (Å²) in [6, 6.07) is 17.5. The molecule has 0 fully saturated rings. The largest absolute Gasteiger partial charge is 0.497 e. The van der Waals surface area contributed by atoms with Crippen LogP contribution in [0.15, 0.2) is 54.6 Å². The Hall–Kier alpha value is -2.29. The number of nitrogens with zero attached hydrogens (tertiary/aromatic N) is 1. The molecule has 22 heavy (non-hydrogen) atoms. The van der Waals surface area contributed by atoms with Crippen molar-refractivity contribution >= 4 is 5.91 Å². The van der Waals surface area contributed by atoms with Gasteiger partial charge in [0.2, 0.25) is 0 Å². The van der Waals surface area contributed by atoms with Gasteiger partial charge in [0, 0.05) is 11.6 Å². The molecule has 0 bridgehead atoms. The molecular formula is C19H23NO2. The SMILES string of the molecule is COc1cccc(C(=O)N(C(C)C)[C@H](C)c2ccccc2)c1. The minimum atomic E-state index is 0.0138. The van der Waals surface area contributed by atoms with Crippen molar-refractivity contribution in [2.45, 2.75) is 32.9 Å². The Morgan fingerprint density at radius 1 is 1.00 bits per heavy atom. The van der Waals surface area contributed by atoms with Gasteiger partial charge in [-0.05, 0) is 44.5 Å². The summed E-state index contributed by atoms with van der Waals surface area (Å²) in [5.41, 5.74) is 1.78. The number of methoxy groups -OCH3 is 1. The molecule has 2 aromatic rings. The van der Waals surface area contributed by atoms with Crippen LogP contribution >= 0.6 is 0 Å². The van der Waals surface area contributed by atoms with Gasteiger partial charge in [-0.15, -0.1) is 0 Å². The summed E-state index contributed by atoms with van der Waals surface area (Å²) in [5, 5.41) is 0. The molecule has 2 aromatic carbocycles. The molecule has 0 spiro atoms. The van der Waals surface area contributed by atoms with Crippen LogP contribution in [-0.4, -0.2) is 24.0 Å². The standard InChI is InChI=1S/C19H23NO2/c1-14(2)20(15(3)16-9-6-5-7-10-16)19(21)17-11-8-12-18(13-17)22-4/h5-15H,1-4H3/t15-/m1/s1. The number of amides is 1. The van der Waals surface area contributed by atoms with Crippen LogP contribution in [0.5, 0.6) is 5.75 Å². The first kappa shape index (κ1) is 16.1. The van der Waals surface area contributed by atoms with Gasteiger partial charge in [0.1, 0.15) is 5.75 Å². The lowest BCUT2D eigenvalue weighted by Crippen LogP contribution is -2.39. The van der Waals surface area contributed by atoms with Crippen LogP contribution in [0.25, 0.3) is 0 Å². The molecule has 0 radical (unpaired) electrons. The molecule has 0 saturated heterocycles. The summed E-state index contributed by atoms with van der Waals surface area (Å²) >= 11 is 0. The van der Waals surface area contributed by atoms with Crippen LogP contribution in [0.2, 0.25) is 0 Å². The van der Waals surface area contributed by atoms with Crippen LogP contribution in [0.3, 0.4) is 0 Å². The monoisotopic (exact) mass is 297 g/mol. The second-order valence-electron chi connectivity index (χ2n) is 5.62. The first-order valence-corrected chi connectivity index (χ1v) is 7.56. The van der Waals surface area contributed by atoms with Gasteiger partial charge in [0.25, 0.3) is 5.91 Å². The van der Waals surface area contributed by atoms with Crippen LogP contribution < -0.4 is 4.74 Å². The van der Waals surface area contributed by atoms with Crippen molar-refractivity contribution in [3.63, 3.8) is 0 Å². The Balaban J connectivity index is 2.33. The highest BCUT2D eigenvalue weighted by atomic mass is 16.5. The molecule has 1 atom stereocenters. The van der Waals surface area contributed by atoms with Crippen molar-refractivity contribution in [3.05, 3.63) is 65.7 Å². The molecule has 2 rings (SSSR count). The molecule has 0 unspecified atom stereocenters. The second-order valence-corrected chi connectivity index (χ2v) is 5.62. The Bertz CT molecular complexity index is 622. The van der Waals surface area contributed by atoms with Crippen molar-refractivity contribution in [2.24, 2.45) is 0 Å². The lowest BCUT2D eigenvalue weighted by Gasteiger charge is -2.33. The summed E-state index contributed by atoms with van der Waals surface area (Å²) in [6.45, 7) is 6.14. The van der Waals surface area contributed by atoms with Crippen LogP contribution in [0.1, 0.15) is 42.7 Å². The van der Waals surface area contributed by atoms with E-state index in [0.717, 1.165) is 5.56 Å². The van der Waals surface area contributed by atoms with E-state index in [0.29, 0.717) is 11.3 Å². The second kappa shape index (κ2) is 7.12. The minimum absolute atomic E-state index is 0.0138. The summed E-state index contributed by atoms with van der Waals surface area (Å²) in [6.07, 6.45) is 0. The van der Waals surface area contributed by atoms with Crippen LogP contribution in [-0.2, 0) is 0 Å². The number of hydrogen-bond donors (Lipinski definition) is 0. The summed E-state index contributed by atoms with van der Waals surface area (Å²) in [7, 11) is 1.61. The van der Waals surface area contributed by atoms with Crippen molar-refractivity contribution in [2.75, 3.05) is 7.11 Å². The van der Waals surface area contributed by atoms with E-state index in [4.69, 9.17) is 4.74 Å². The van der Waals surface area contributed by atoms with Gasteiger partial charge in [0.15, 0.2) is 0 Å². The van der Waals surface area contributed by atoms with Crippen molar-refractivity contribution in [1.82, 2.24) is 4.90 Å². The van der Waals surface area contributed by atoms with Crippen molar-refractivity contribution < 1.29 is 9.53 Å². The molecule has 0 aliphatic heterocycles. The lowest BCUT2D eigenvalue weighted by atomic mass is 10.0. The number of carbonyl (C=O) groups is 1. The third-order valence-electron chi connectivity index (χ3n) is 3.81. The first-order valence-electron chi connectivity index (χ1n) is 7.56. The highest BCUT2D eigenvalue weighted by Gasteiger charge is 2.25. The van der Waals surface area contributed by atoms with E-state index in [-0.39, 0.29) is 18.0 Å². The predicted octanol–water partition coefficient (Wildman–Crippen LogP) is 4.31. The highest BCUT2D eigenvalue weighted by Crippen LogP contribution is 2.25. The van der Waals surface area contributed by atoms with E-state index < -0.39 is 0 Å². The van der Waals surface area contributed by atoms with E-state index in [1.165, 1.54) is 0 Å². The summed E-state index contributed by atoms with van der Waals surface area (Å²) in [5.74, 6) is 0.715. The molecular weight excluding hydrogens is 274 g/mol. The van der Waals surface area contributed by atoms with Gasteiger partial charge in [0.05, 0.1) is 13.2 Å². The zero-order valence-electron chi connectivity index (χ0n) is 13.6. The van der Waals surface area contributed by atoms with E-state index in [1.807, 2.05) is 55.1 Å². The number of hydrogen-bond acceptors (Lipinski definition) is 2.